The van der Waals surface area contributed by atoms with Crippen LogP contribution in [0.3, 0.4) is 0 Å². The third-order valence-corrected chi connectivity index (χ3v) is 3.41. The van der Waals surface area contributed by atoms with Gasteiger partial charge >= 0.3 is 0 Å². The SMILES string of the molecule is CC.CC(C)(C)c1cc(C(C)(C)C)cc(C(C)(C)N)c1. The molecule has 0 bridgehead atoms. The summed E-state index contributed by atoms with van der Waals surface area (Å²) < 4.78 is 0. The minimum absolute atomic E-state index is 0.154. The number of benzene rings is 1. The van der Waals surface area contributed by atoms with E-state index in [-0.39, 0.29) is 16.4 Å². The van der Waals surface area contributed by atoms with Gasteiger partial charge < -0.3 is 5.73 Å². The van der Waals surface area contributed by atoms with Gasteiger partial charge in [0.05, 0.1) is 0 Å². The van der Waals surface area contributed by atoms with Gasteiger partial charge in [-0.15, -0.1) is 0 Å². The first kappa shape index (κ1) is 19.2. The second kappa shape index (κ2) is 6.30. The molecular weight excluding hydrogens is 242 g/mol. The zero-order chi connectivity index (χ0) is 16.4. The molecule has 0 amide bonds. The lowest BCUT2D eigenvalue weighted by Gasteiger charge is -2.29. The van der Waals surface area contributed by atoms with Crippen LogP contribution in [-0.2, 0) is 16.4 Å². The fourth-order valence-corrected chi connectivity index (χ4v) is 1.87. The Labute approximate surface area is 127 Å². The smallest absolute Gasteiger partial charge is 0.0352 e. The van der Waals surface area contributed by atoms with Gasteiger partial charge in [-0.1, -0.05) is 73.6 Å². The molecule has 0 saturated carbocycles. The summed E-state index contributed by atoms with van der Waals surface area (Å²) in [6, 6.07) is 6.85. The highest BCUT2D eigenvalue weighted by Crippen LogP contribution is 2.32. The molecule has 20 heavy (non-hydrogen) atoms. The highest BCUT2D eigenvalue weighted by molar-refractivity contribution is 5.39. The van der Waals surface area contributed by atoms with Crippen LogP contribution in [0.2, 0.25) is 0 Å². The van der Waals surface area contributed by atoms with Gasteiger partial charge in [0.15, 0.2) is 0 Å². The average molecular weight is 277 g/mol. The maximum absolute atomic E-state index is 6.28. The Morgan fingerprint density at radius 1 is 0.600 bits per heavy atom. The first-order valence-corrected chi connectivity index (χ1v) is 7.77. The van der Waals surface area contributed by atoms with E-state index in [0.29, 0.717) is 0 Å². The van der Waals surface area contributed by atoms with Gasteiger partial charge in [0.25, 0.3) is 0 Å². The highest BCUT2D eigenvalue weighted by Gasteiger charge is 2.24. The lowest BCUT2D eigenvalue weighted by Crippen LogP contribution is -2.30. The minimum Gasteiger partial charge on any atom is -0.322 e. The van der Waals surface area contributed by atoms with Crippen molar-refractivity contribution < 1.29 is 0 Å². The average Bonchev–Trinajstić information content (AvgIpc) is 2.27. The van der Waals surface area contributed by atoms with E-state index >= 15 is 0 Å². The summed E-state index contributed by atoms with van der Waals surface area (Å²) in [5.41, 5.74) is 10.2. The standard InChI is InChI=1S/C17H29N.C2H6/c1-15(2,3)12-9-13(16(4,5)6)11-14(10-12)17(7,8)18;1-2/h9-11H,18H2,1-8H3;1-2H3. The third kappa shape index (κ3) is 5.28. The van der Waals surface area contributed by atoms with Crippen LogP contribution in [0, 0.1) is 0 Å². The molecule has 0 radical (unpaired) electrons. The van der Waals surface area contributed by atoms with Gasteiger partial charge in [-0.25, -0.2) is 0 Å². The molecule has 1 aromatic carbocycles. The van der Waals surface area contributed by atoms with E-state index in [2.05, 4.69) is 73.6 Å². The number of hydrogen-bond acceptors (Lipinski definition) is 1. The van der Waals surface area contributed by atoms with Crippen LogP contribution in [0.5, 0.6) is 0 Å². The van der Waals surface area contributed by atoms with E-state index in [1.54, 1.807) is 0 Å². The molecule has 0 fully saturated rings. The quantitative estimate of drug-likeness (QED) is 0.720. The van der Waals surface area contributed by atoms with E-state index in [0.717, 1.165) is 0 Å². The first-order valence-electron chi connectivity index (χ1n) is 7.77. The molecule has 0 spiro atoms. The zero-order valence-corrected chi connectivity index (χ0v) is 15.3. The van der Waals surface area contributed by atoms with Gasteiger partial charge in [0.1, 0.15) is 0 Å². The van der Waals surface area contributed by atoms with E-state index in [4.69, 9.17) is 5.73 Å². The summed E-state index contributed by atoms with van der Waals surface area (Å²) in [5.74, 6) is 0. The molecule has 0 atom stereocenters. The Hall–Kier alpha value is -0.820. The number of nitrogens with two attached hydrogens (primary N) is 1. The van der Waals surface area contributed by atoms with Crippen LogP contribution in [0.25, 0.3) is 0 Å². The van der Waals surface area contributed by atoms with Crippen molar-refractivity contribution in [1.82, 2.24) is 0 Å². The van der Waals surface area contributed by atoms with Crippen molar-refractivity contribution in [2.45, 2.75) is 85.6 Å². The van der Waals surface area contributed by atoms with Gasteiger partial charge in [-0.3, -0.25) is 0 Å². The molecule has 0 aromatic heterocycles. The summed E-state index contributed by atoms with van der Waals surface area (Å²) in [7, 11) is 0. The molecule has 1 heteroatoms. The highest BCUT2D eigenvalue weighted by atomic mass is 14.7. The maximum atomic E-state index is 6.28. The number of hydrogen-bond donors (Lipinski definition) is 1. The van der Waals surface area contributed by atoms with Crippen LogP contribution < -0.4 is 5.73 Å². The molecular formula is C19H35N. The van der Waals surface area contributed by atoms with Crippen LogP contribution in [-0.4, -0.2) is 0 Å². The second-order valence-corrected chi connectivity index (χ2v) is 8.02. The summed E-state index contributed by atoms with van der Waals surface area (Å²) in [4.78, 5) is 0. The van der Waals surface area contributed by atoms with Gasteiger partial charge in [-0.2, -0.15) is 0 Å². The molecule has 1 rings (SSSR count). The van der Waals surface area contributed by atoms with E-state index in [1.165, 1.54) is 16.7 Å². The minimum atomic E-state index is -0.290. The Bertz CT molecular complexity index is 344. The lowest BCUT2D eigenvalue weighted by atomic mass is 9.77. The molecule has 1 nitrogen and oxygen atoms in total. The van der Waals surface area contributed by atoms with E-state index < -0.39 is 0 Å². The molecule has 1 aromatic rings. The zero-order valence-electron chi connectivity index (χ0n) is 15.3. The Kier molecular flexibility index (Phi) is 6.04. The molecule has 0 aliphatic heterocycles. The molecule has 0 unspecified atom stereocenters. The largest absolute Gasteiger partial charge is 0.322 e. The molecule has 0 aliphatic carbocycles. The summed E-state index contributed by atoms with van der Waals surface area (Å²) >= 11 is 0. The van der Waals surface area contributed by atoms with Gasteiger partial charge in [-0.05, 0) is 41.4 Å². The maximum Gasteiger partial charge on any atom is 0.0352 e. The second-order valence-electron chi connectivity index (χ2n) is 8.02. The number of rotatable bonds is 1. The Morgan fingerprint density at radius 3 is 1.05 bits per heavy atom. The van der Waals surface area contributed by atoms with E-state index in [9.17, 15) is 0 Å². The molecule has 0 aliphatic rings. The van der Waals surface area contributed by atoms with Crippen molar-refractivity contribution in [3.63, 3.8) is 0 Å². The summed E-state index contributed by atoms with van der Waals surface area (Å²) in [5, 5.41) is 0. The molecule has 0 saturated heterocycles. The Morgan fingerprint density at radius 2 is 0.850 bits per heavy atom. The molecule has 2 N–H and O–H groups in total. The Balaban J connectivity index is 0.00000172. The summed E-state index contributed by atoms with van der Waals surface area (Å²) in [6.07, 6.45) is 0. The van der Waals surface area contributed by atoms with Crippen molar-refractivity contribution in [2.75, 3.05) is 0 Å². The monoisotopic (exact) mass is 277 g/mol. The fraction of sp³-hybridized carbons (Fsp3) is 0.684. The van der Waals surface area contributed by atoms with Crippen molar-refractivity contribution in [3.05, 3.63) is 34.9 Å². The van der Waals surface area contributed by atoms with Crippen LogP contribution >= 0.6 is 0 Å². The lowest BCUT2D eigenvalue weighted by molar-refractivity contribution is 0.532. The van der Waals surface area contributed by atoms with Crippen molar-refractivity contribution in [3.8, 4) is 0 Å². The molecule has 0 heterocycles. The molecule has 116 valence electrons. The van der Waals surface area contributed by atoms with E-state index in [1.807, 2.05) is 13.8 Å². The fourth-order valence-electron chi connectivity index (χ4n) is 1.87. The van der Waals surface area contributed by atoms with Crippen LogP contribution in [0.1, 0.15) is 85.9 Å². The predicted octanol–water partition coefficient (Wildman–Crippen LogP) is 5.50. The predicted molar refractivity (Wildman–Crippen MR) is 92.4 cm³/mol. The van der Waals surface area contributed by atoms with Crippen molar-refractivity contribution in [2.24, 2.45) is 5.73 Å². The van der Waals surface area contributed by atoms with Crippen LogP contribution in [0.4, 0.5) is 0 Å². The first-order chi connectivity index (χ1) is 8.82. The normalized spacial score (nSPS) is 12.8. The van der Waals surface area contributed by atoms with Gasteiger partial charge in [0, 0.05) is 5.54 Å². The summed E-state index contributed by atoms with van der Waals surface area (Å²) in [6.45, 7) is 21.7. The topological polar surface area (TPSA) is 26.0 Å². The van der Waals surface area contributed by atoms with Crippen molar-refractivity contribution >= 4 is 0 Å². The third-order valence-electron chi connectivity index (χ3n) is 3.41. The van der Waals surface area contributed by atoms with Crippen LogP contribution in [0.15, 0.2) is 18.2 Å². The van der Waals surface area contributed by atoms with Gasteiger partial charge in [0.2, 0.25) is 0 Å². The van der Waals surface area contributed by atoms with Crippen molar-refractivity contribution in [1.29, 1.82) is 0 Å².